The van der Waals surface area contributed by atoms with E-state index >= 15 is 0 Å². The second-order valence-electron chi connectivity index (χ2n) is 4.63. The molecule has 1 atom stereocenters. The fourth-order valence-electron chi connectivity index (χ4n) is 2.11. The Morgan fingerprint density at radius 2 is 2.00 bits per heavy atom. The molecule has 2 aromatic rings. The molecule has 0 aliphatic heterocycles. The Balaban J connectivity index is 2.13. The highest BCUT2D eigenvalue weighted by Crippen LogP contribution is 2.12. The zero-order valence-corrected chi connectivity index (χ0v) is 12.1. The SMILES string of the molecule is CCN(CC)C(=O)C(C)Nc1ncc2ccccc2n1. The molecule has 5 heteroatoms. The number of hydrogen-bond acceptors (Lipinski definition) is 4. The first-order valence-electron chi connectivity index (χ1n) is 6.92. The highest BCUT2D eigenvalue weighted by molar-refractivity contribution is 5.84. The van der Waals surface area contributed by atoms with Gasteiger partial charge in [0, 0.05) is 24.7 Å². The molecule has 0 spiro atoms. The van der Waals surface area contributed by atoms with Gasteiger partial charge < -0.3 is 10.2 Å². The van der Waals surface area contributed by atoms with Crippen molar-refractivity contribution in [2.75, 3.05) is 18.4 Å². The van der Waals surface area contributed by atoms with Gasteiger partial charge in [-0.2, -0.15) is 0 Å². The number of rotatable bonds is 5. The van der Waals surface area contributed by atoms with Crippen molar-refractivity contribution in [1.29, 1.82) is 0 Å². The smallest absolute Gasteiger partial charge is 0.244 e. The Morgan fingerprint density at radius 1 is 1.30 bits per heavy atom. The molecular weight excluding hydrogens is 252 g/mol. The standard InChI is InChI=1S/C15H20N4O/c1-4-19(5-2)14(20)11(3)17-15-16-10-12-8-6-7-9-13(12)18-15/h6-11H,4-5H2,1-3H3,(H,16,17,18). The molecule has 0 fully saturated rings. The minimum atomic E-state index is -0.337. The maximum absolute atomic E-state index is 12.2. The monoisotopic (exact) mass is 272 g/mol. The number of hydrogen-bond donors (Lipinski definition) is 1. The van der Waals surface area contributed by atoms with Gasteiger partial charge in [0.05, 0.1) is 5.52 Å². The van der Waals surface area contributed by atoms with Crippen LogP contribution in [0.5, 0.6) is 0 Å². The molecule has 1 heterocycles. The van der Waals surface area contributed by atoms with Crippen molar-refractivity contribution in [2.24, 2.45) is 0 Å². The molecule has 2 rings (SSSR count). The molecule has 1 aromatic heterocycles. The molecule has 20 heavy (non-hydrogen) atoms. The van der Waals surface area contributed by atoms with Crippen molar-refractivity contribution in [3.8, 4) is 0 Å². The average Bonchev–Trinajstić information content (AvgIpc) is 2.48. The first-order chi connectivity index (χ1) is 9.65. The molecule has 0 aliphatic carbocycles. The second kappa shape index (κ2) is 6.32. The van der Waals surface area contributed by atoms with Crippen LogP contribution in [-0.2, 0) is 4.79 Å². The zero-order chi connectivity index (χ0) is 14.5. The van der Waals surface area contributed by atoms with Gasteiger partial charge in [0.25, 0.3) is 0 Å². The van der Waals surface area contributed by atoms with E-state index in [0.717, 1.165) is 10.9 Å². The molecule has 1 N–H and O–H groups in total. The number of fused-ring (bicyclic) bond motifs is 1. The van der Waals surface area contributed by atoms with Crippen molar-refractivity contribution >= 4 is 22.8 Å². The normalized spacial score (nSPS) is 12.2. The van der Waals surface area contributed by atoms with Crippen LogP contribution >= 0.6 is 0 Å². The van der Waals surface area contributed by atoms with E-state index in [2.05, 4.69) is 15.3 Å². The van der Waals surface area contributed by atoms with Gasteiger partial charge in [-0.1, -0.05) is 18.2 Å². The fourth-order valence-corrected chi connectivity index (χ4v) is 2.11. The van der Waals surface area contributed by atoms with E-state index in [-0.39, 0.29) is 11.9 Å². The van der Waals surface area contributed by atoms with Crippen molar-refractivity contribution in [3.63, 3.8) is 0 Å². The van der Waals surface area contributed by atoms with Crippen molar-refractivity contribution in [2.45, 2.75) is 26.8 Å². The van der Waals surface area contributed by atoms with Gasteiger partial charge in [-0.05, 0) is 26.8 Å². The molecule has 106 valence electrons. The quantitative estimate of drug-likeness (QED) is 0.907. The molecular formula is C15H20N4O. The number of para-hydroxylation sites is 1. The molecule has 0 bridgehead atoms. The summed E-state index contributed by atoms with van der Waals surface area (Å²) in [5.41, 5.74) is 0.868. The van der Waals surface area contributed by atoms with Crippen LogP contribution in [0.15, 0.2) is 30.5 Å². The molecule has 1 amide bonds. The topological polar surface area (TPSA) is 58.1 Å². The lowest BCUT2D eigenvalue weighted by atomic mass is 10.2. The summed E-state index contributed by atoms with van der Waals surface area (Å²) in [5.74, 6) is 0.545. The van der Waals surface area contributed by atoms with Gasteiger partial charge >= 0.3 is 0 Å². The number of anilines is 1. The van der Waals surface area contributed by atoms with Crippen LogP contribution in [0.1, 0.15) is 20.8 Å². The molecule has 0 saturated heterocycles. The molecule has 0 radical (unpaired) electrons. The number of aromatic nitrogens is 2. The highest BCUT2D eigenvalue weighted by Gasteiger charge is 2.18. The number of carbonyl (C=O) groups is 1. The third kappa shape index (κ3) is 3.04. The summed E-state index contributed by atoms with van der Waals surface area (Å²) in [6, 6.07) is 7.44. The highest BCUT2D eigenvalue weighted by atomic mass is 16.2. The summed E-state index contributed by atoms with van der Waals surface area (Å²) in [7, 11) is 0. The minimum Gasteiger partial charge on any atom is -0.343 e. The van der Waals surface area contributed by atoms with E-state index < -0.39 is 0 Å². The van der Waals surface area contributed by atoms with Gasteiger partial charge in [-0.3, -0.25) is 4.79 Å². The van der Waals surface area contributed by atoms with E-state index in [0.29, 0.717) is 19.0 Å². The van der Waals surface area contributed by atoms with Crippen LogP contribution in [-0.4, -0.2) is 39.9 Å². The Bertz CT molecular complexity index is 595. The summed E-state index contributed by atoms with van der Waals surface area (Å²) in [6.07, 6.45) is 1.76. The Labute approximate surface area is 119 Å². The van der Waals surface area contributed by atoms with Crippen LogP contribution < -0.4 is 5.32 Å². The lowest BCUT2D eigenvalue weighted by Crippen LogP contribution is -2.41. The molecule has 0 saturated carbocycles. The van der Waals surface area contributed by atoms with Crippen LogP contribution in [0, 0.1) is 0 Å². The van der Waals surface area contributed by atoms with Crippen LogP contribution in [0.4, 0.5) is 5.95 Å². The van der Waals surface area contributed by atoms with E-state index in [9.17, 15) is 4.79 Å². The third-order valence-electron chi connectivity index (χ3n) is 3.28. The number of benzene rings is 1. The van der Waals surface area contributed by atoms with E-state index in [1.807, 2.05) is 45.0 Å². The number of nitrogens with zero attached hydrogens (tertiary/aromatic N) is 3. The van der Waals surface area contributed by atoms with Crippen LogP contribution in [0.25, 0.3) is 10.9 Å². The predicted octanol–water partition coefficient (Wildman–Crippen LogP) is 2.30. The Kier molecular flexibility index (Phi) is 4.50. The number of likely N-dealkylation sites (N-methyl/N-ethyl adjacent to an activating group) is 1. The number of carbonyl (C=O) groups excluding carboxylic acids is 1. The summed E-state index contributed by atoms with van der Waals surface area (Å²) >= 11 is 0. The van der Waals surface area contributed by atoms with E-state index in [4.69, 9.17) is 0 Å². The lowest BCUT2D eigenvalue weighted by Gasteiger charge is -2.23. The van der Waals surface area contributed by atoms with E-state index in [1.165, 1.54) is 0 Å². The first kappa shape index (κ1) is 14.2. The third-order valence-corrected chi connectivity index (χ3v) is 3.28. The van der Waals surface area contributed by atoms with Crippen LogP contribution in [0.3, 0.4) is 0 Å². The average molecular weight is 272 g/mol. The van der Waals surface area contributed by atoms with Crippen molar-refractivity contribution in [3.05, 3.63) is 30.5 Å². The van der Waals surface area contributed by atoms with Gasteiger partial charge in [0.15, 0.2) is 0 Å². The van der Waals surface area contributed by atoms with Gasteiger partial charge in [0.1, 0.15) is 6.04 Å². The van der Waals surface area contributed by atoms with Crippen LogP contribution in [0.2, 0.25) is 0 Å². The molecule has 1 unspecified atom stereocenters. The Morgan fingerprint density at radius 3 is 2.70 bits per heavy atom. The predicted molar refractivity (Wildman–Crippen MR) is 80.6 cm³/mol. The number of amides is 1. The molecule has 5 nitrogen and oxygen atoms in total. The summed E-state index contributed by atoms with van der Waals surface area (Å²) in [4.78, 5) is 22.6. The summed E-state index contributed by atoms with van der Waals surface area (Å²) in [6.45, 7) is 7.19. The summed E-state index contributed by atoms with van der Waals surface area (Å²) < 4.78 is 0. The lowest BCUT2D eigenvalue weighted by molar-refractivity contribution is -0.131. The maximum Gasteiger partial charge on any atom is 0.244 e. The largest absolute Gasteiger partial charge is 0.343 e. The molecule has 0 aliphatic rings. The zero-order valence-electron chi connectivity index (χ0n) is 12.1. The first-order valence-corrected chi connectivity index (χ1v) is 6.92. The van der Waals surface area contributed by atoms with Crippen molar-refractivity contribution in [1.82, 2.24) is 14.9 Å². The van der Waals surface area contributed by atoms with Crippen molar-refractivity contribution < 1.29 is 4.79 Å². The maximum atomic E-state index is 12.2. The van der Waals surface area contributed by atoms with Gasteiger partial charge in [-0.15, -0.1) is 0 Å². The fraction of sp³-hybridized carbons (Fsp3) is 0.400. The molecule has 1 aromatic carbocycles. The number of nitrogens with one attached hydrogen (secondary N) is 1. The van der Waals surface area contributed by atoms with Gasteiger partial charge in [-0.25, -0.2) is 9.97 Å². The second-order valence-corrected chi connectivity index (χ2v) is 4.63. The minimum absolute atomic E-state index is 0.0618. The van der Waals surface area contributed by atoms with Gasteiger partial charge in [0.2, 0.25) is 11.9 Å². The Hall–Kier alpha value is -2.17. The van der Waals surface area contributed by atoms with E-state index in [1.54, 1.807) is 11.1 Å². The summed E-state index contributed by atoms with van der Waals surface area (Å²) in [5, 5.41) is 4.06.